The highest BCUT2D eigenvalue weighted by molar-refractivity contribution is 5.79. The van der Waals surface area contributed by atoms with Crippen molar-refractivity contribution in [2.24, 2.45) is 0 Å². The maximum absolute atomic E-state index is 12.8. The molecule has 0 saturated heterocycles. The van der Waals surface area contributed by atoms with Crippen LogP contribution in [0.4, 0.5) is 13.2 Å². The summed E-state index contributed by atoms with van der Waals surface area (Å²) in [6, 6.07) is 8.41. The molecule has 1 aromatic carbocycles. The predicted molar refractivity (Wildman–Crippen MR) is 91.6 cm³/mol. The normalized spacial score (nSPS) is 11.4. The van der Waals surface area contributed by atoms with E-state index in [0.29, 0.717) is 16.7 Å². The Labute approximate surface area is 156 Å². The average Bonchev–Trinajstić information content (AvgIpc) is 2.63. The van der Waals surface area contributed by atoms with Crippen molar-refractivity contribution in [2.75, 3.05) is 6.61 Å². The van der Waals surface area contributed by atoms with E-state index in [9.17, 15) is 22.8 Å². The molecule has 0 atom stereocenters. The topological polar surface area (TPSA) is 94.3 Å². The van der Waals surface area contributed by atoms with Gasteiger partial charge in [-0.2, -0.15) is 13.2 Å². The molecule has 28 heavy (non-hydrogen) atoms. The lowest BCUT2D eigenvalue weighted by atomic mass is 10.2. The second kappa shape index (κ2) is 7.67. The number of amides is 1. The number of ether oxygens (including phenoxy) is 1. The molecule has 10 heteroatoms. The van der Waals surface area contributed by atoms with E-state index in [1.807, 2.05) is 0 Å². The number of carbonyl (C=O) groups excluding carboxylic acids is 1. The molecule has 3 aromatic rings. The van der Waals surface area contributed by atoms with Crippen molar-refractivity contribution >= 4 is 16.9 Å². The number of alkyl halides is 3. The summed E-state index contributed by atoms with van der Waals surface area (Å²) in [5, 5.41) is 3.08. The first kappa shape index (κ1) is 19.3. The summed E-state index contributed by atoms with van der Waals surface area (Å²) in [4.78, 5) is 30.4. The Hall–Kier alpha value is -3.43. The Kier molecular flexibility index (Phi) is 5.30. The third-order valence-electron chi connectivity index (χ3n) is 3.60. The van der Waals surface area contributed by atoms with Crippen molar-refractivity contribution in [2.45, 2.75) is 19.6 Å². The van der Waals surface area contributed by atoms with Gasteiger partial charge in [0.15, 0.2) is 6.61 Å². The zero-order chi connectivity index (χ0) is 20.3. The maximum atomic E-state index is 12.8. The van der Waals surface area contributed by atoms with Crippen molar-refractivity contribution < 1.29 is 27.1 Å². The second-order valence-corrected chi connectivity index (χ2v) is 5.83. The Morgan fingerprint density at radius 3 is 2.68 bits per heavy atom. The molecule has 0 saturated carbocycles. The van der Waals surface area contributed by atoms with Crippen LogP contribution in [0, 0.1) is 6.92 Å². The highest BCUT2D eigenvalue weighted by atomic mass is 19.4. The molecular formula is C18H14F3N3O4. The van der Waals surface area contributed by atoms with Gasteiger partial charge in [-0.3, -0.25) is 4.79 Å². The molecule has 3 rings (SSSR count). The molecule has 2 aromatic heterocycles. The van der Waals surface area contributed by atoms with E-state index in [2.05, 4.69) is 15.3 Å². The summed E-state index contributed by atoms with van der Waals surface area (Å²) in [5.74, 6) is -0.440. The van der Waals surface area contributed by atoms with Gasteiger partial charge < -0.3 is 14.5 Å². The van der Waals surface area contributed by atoms with E-state index < -0.39 is 23.4 Å². The predicted octanol–water partition coefficient (Wildman–Crippen LogP) is 2.61. The molecule has 0 unspecified atom stereocenters. The van der Waals surface area contributed by atoms with Crippen molar-refractivity contribution in [1.82, 2.24) is 15.3 Å². The molecule has 7 nitrogen and oxygen atoms in total. The van der Waals surface area contributed by atoms with Crippen molar-refractivity contribution in [3.63, 3.8) is 0 Å². The molecule has 1 amide bonds. The highest BCUT2D eigenvalue weighted by Crippen LogP contribution is 2.27. The van der Waals surface area contributed by atoms with Gasteiger partial charge in [0, 0.05) is 23.2 Å². The number of carbonyl (C=O) groups is 1. The Balaban J connectivity index is 1.59. The Morgan fingerprint density at radius 1 is 1.18 bits per heavy atom. The lowest BCUT2D eigenvalue weighted by Crippen LogP contribution is -2.29. The fourth-order valence-corrected chi connectivity index (χ4v) is 2.36. The van der Waals surface area contributed by atoms with Crippen molar-refractivity contribution in [1.29, 1.82) is 0 Å². The number of nitrogens with zero attached hydrogens (tertiary/aromatic N) is 2. The van der Waals surface area contributed by atoms with Gasteiger partial charge in [-0.1, -0.05) is 0 Å². The minimum atomic E-state index is -4.60. The number of rotatable bonds is 5. The van der Waals surface area contributed by atoms with Crippen LogP contribution in [0.5, 0.6) is 5.75 Å². The number of halogens is 3. The number of benzene rings is 1. The number of fused-ring (bicyclic) bond motifs is 1. The number of nitrogens with one attached hydrogen (secondary N) is 1. The molecule has 0 bridgehead atoms. The average molecular weight is 393 g/mol. The first-order valence-electron chi connectivity index (χ1n) is 8.06. The molecule has 0 aliphatic carbocycles. The summed E-state index contributed by atoms with van der Waals surface area (Å²) in [5.41, 5.74) is -1.14. The summed E-state index contributed by atoms with van der Waals surface area (Å²) in [7, 11) is 0. The highest BCUT2D eigenvalue weighted by Gasteiger charge is 2.33. The van der Waals surface area contributed by atoms with E-state index in [1.54, 1.807) is 18.2 Å². The fraction of sp³-hybridized carbons (Fsp3) is 0.222. The lowest BCUT2D eigenvalue weighted by Gasteiger charge is -2.10. The number of hydrogen-bond donors (Lipinski definition) is 1. The van der Waals surface area contributed by atoms with E-state index in [4.69, 9.17) is 9.15 Å². The Bertz CT molecular complexity index is 1080. The summed E-state index contributed by atoms with van der Waals surface area (Å²) in [6.45, 7) is 0.740. The number of aryl methyl sites for hydroxylation is 1. The van der Waals surface area contributed by atoms with Crippen LogP contribution in [0.25, 0.3) is 11.0 Å². The van der Waals surface area contributed by atoms with Crippen molar-refractivity contribution in [3.8, 4) is 5.75 Å². The van der Waals surface area contributed by atoms with Gasteiger partial charge in [-0.05, 0) is 31.2 Å². The molecule has 0 aliphatic rings. The van der Waals surface area contributed by atoms with E-state index in [1.165, 1.54) is 19.1 Å². The molecule has 146 valence electrons. The lowest BCUT2D eigenvalue weighted by molar-refractivity contribution is -0.141. The van der Waals surface area contributed by atoms with E-state index >= 15 is 0 Å². The van der Waals surface area contributed by atoms with Crippen LogP contribution in [-0.4, -0.2) is 22.5 Å². The first-order valence-corrected chi connectivity index (χ1v) is 8.06. The van der Waals surface area contributed by atoms with E-state index in [-0.39, 0.29) is 24.7 Å². The SMILES string of the molecule is Cc1cc(C(F)(F)F)nc(CNC(=O)COc2ccc3ccc(=O)oc3c2)n1. The zero-order valence-corrected chi connectivity index (χ0v) is 14.5. The van der Waals surface area contributed by atoms with Crippen LogP contribution < -0.4 is 15.7 Å². The smallest absolute Gasteiger partial charge is 0.433 e. The summed E-state index contributed by atoms with van der Waals surface area (Å²) in [6.07, 6.45) is -4.60. The van der Waals surface area contributed by atoms with Crippen LogP contribution in [0.2, 0.25) is 0 Å². The standard InChI is InChI=1S/C18H14F3N3O4/c1-10-6-14(18(19,20)21)24-15(23-10)8-22-16(25)9-27-12-4-2-11-3-5-17(26)28-13(11)7-12/h2-7H,8-9H2,1H3,(H,22,25). The fourth-order valence-electron chi connectivity index (χ4n) is 2.36. The van der Waals surface area contributed by atoms with Gasteiger partial charge in [0.1, 0.15) is 22.9 Å². The molecule has 0 spiro atoms. The second-order valence-electron chi connectivity index (χ2n) is 5.83. The van der Waals surface area contributed by atoms with Gasteiger partial charge in [0.2, 0.25) is 0 Å². The van der Waals surface area contributed by atoms with Gasteiger partial charge in [-0.15, -0.1) is 0 Å². The molecule has 2 heterocycles. The molecule has 0 aliphatic heterocycles. The van der Waals surface area contributed by atoms with Gasteiger partial charge in [0.05, 0.1) is 6.54 Å². The first-order chi connectivity index (χ1) is 13.2. The van der Waals surface area contributed by atoms with Gasteiger partial charge >= 0.3 is 11.8 Å². The van der Waals surface area contributed by atoms with Crippen LogP contribution in [-0.2, 0) is 17.5 Å². The molecular weight excluding hydrogens is 379 g/mol. The minimum absolute atomic E-state index is 0.139. The third-order valence-corrected chi connectivity index (χ3v) is 3.60. The molecule has 0 radical (unpaired) electrons. The van der Waals surface area contributed by atoms with E-state index in [0.717, 1.165) is 6.07 Å². The largest absolute Gasteiger partial charge is 0.484 e. The number of aromatic nitrogens is 2. The summed E-state index contributed by atoms with van der Waals surface area (Å²) < 4.78 is 48.6. The van der Waals surface area contributed by atoms with Crippen LogP contribution in [0.1, 0.15) is 17.2 Å². The third kappa shape index (κ3) is 4.84. The minimum Gasteiger partial charge on any atom is -0.484 e. The van der Waals surface area contributed by atoms with Crippen LogP contribution in [0.15, 0.2) is 45.6 Å². The number of hydrogen-bond acceptors (Lipinski definition) is 6. The van der Waals surface area contributed by atoms with Crippen molar-refractivity contribution in [3.05, 3.63) is 64.0 Å². The summed E-state index contributed by atoms with van der Waals surface area (Å²) >= 11 is 0. The monoisotopic (exact) mass is 393 g/mol. The van der Waals surface area contributed by atoms with Gasteiger partial charge in [0.25, 0.3) is 5.91 Å². The van der Waals surface area contributed by atoms with Gasteiger partial charge in [-0.25, -0.2) is 14.8 Å². The quantitative estimate of drug-likeness (QED) is 0.670. The zero-order valence-electron chi connectivity index (χ0n) is 14.5. The molecule has 1 N–H and O–H groups in total. The Morgan fingerprint density at radius 2 is 1.93 bits per heavy atom. The van der Waals surface area contributed by atoms with Crippen LogP contribution in [0.3, 0.4) is 0 Å². The molecule has 0 fully saturated rings. The van der Waals surface area contributed by atoms with Crippen LogP contribution >= 0.6 is 0 Å². The maximum Gasteiger partial charge on any atom is 0.433 e.